The summed E-state index contributed by atoms with van der Waals surface area (Å²) in [7, 11) is 0. The van der Waals surface area contributed by atoms with Gasteiger partial charge in [0.1, 0.15) is 5.78 Å². The molecule has 6 aliphatic rings. The Hall–Kier alpha value is -4.72. The second-order valence-corrected chi connectivity index (χ2v) is 30.1. The molecule has 0 fully saturated rings. The molecule has 9 atom stereocenters. The Morgan fingerprint density at radius 2 is 0.867 bits per heavy atom. The first-order valence-electron chi connectivity index (χ1n) is 33.0. The molecular formula is C81H111ClO. The number of rotatable bonds is 8. The lowest BCUT2D eigenvalue weighted by molar-refractivity contribution is -0.121. The molecule has 0 bridgehead atoms. The zero-order valence-electron chi connectivity index (χ0n) is 55.4. The van der Waals surface area contributed by atoms with E-state index < -0.39 is 0 Å². The van der Waals surface area contributed by atoms with E-state index in [1.54, 1.807) is 51.4 Å². The highest BCUT2D eigenvalue weighted by Crippen LogP contribution is 2.51. The topological polar surface area (TPSA) is 17.1 Å². The molecule has 12 rings (SSSR count). The summed E-state index contributed by atoms with van der Waals surface area (Å²) in [5, 5.41) is 0.867. The minimum Gasteiger partial charge on any atom is -0.300 e. The smallest absolute Gasteiger partial charge is 0.133 e. The summed E-state index contributed by atoms with van der Waals surface area (Å²) in [5.74, 6) is 10.9. The van der Waals surface area contributed by atoms with Crippen LogP contribution in [0.15, 0.2) is 140 Å². The van der Waals surface area contributed by atoms with Crippen molar-refractivity contribution in [3.05, 3.63) is 211 Å². The van der Waals surface area contributed by atoms with Crippen LogP contribution in [-0.4, -0.2) is 5.78 Å². The van der Waals surface area contributed by atoms with E-state index in [0.717, 1.165) is 70.6 Å². The molecule has 83 heavy (non-hydrogen) atoms. The van der Waals surface area contributed by atoms with Crippen LogP contribution in [0.3, 0.4) is 0 Å². The Kier molecular flexibility index (Phi) is 22.7. The number of benzene rings is 6. The van der Waals surface area contributed by atoms with E-state index in [4.69, 9.17) is 11.6 Å². The van der Waals surface area contributed by atoms with Gasteiger partial charge in [0, 0.05) is 10.9 Å². The van der Waals surface area contributed by atoms with Crippen LogP contribution in [0.4, 0.5) is 0 Å². The normalized spacial score (nSPS) is 24.1. The number of hydrogen-bond acceptors (Lipinski definition) is 1. The summed E-state index contributed by atoms with van der Waals surface area (Å²) < 4.78 is 0. The van der Waals surface area contributed by atoms with E-state index in [-0.39, 0.29) is 11.3 Å². The maximum absolute atomic E-state index is 11.6. The van der Waals surface area contributed by atoms with Crippen LogP contribution in [0.5, 0.6) is 0 Å². The molecule has 0 unspecified atom stereocenters. The molecule has 0 N–H and O–H groups in total. The molecule has 1 nitrogen and oxygen atoms in total. The Morgan fingerprint density at radius 1 is 0.458 bits per heavy atom. The number of ketones is 1. The summed E-state index contributed by atoms with van der Waals surface area (Å²) in [5.41, 5.74) is 19.1. The van der Waals surface area contributed by atoms with Crippen LogP contribution in [0.1, 0.15) is 260 Å². The van der Waals surface area contributed by atoms with Crippen LogP contribution >= 0.6 is 11.6 Å². The first kappa shape index (κ1) is 65.8. The highest BCUT2D eigenvalue weighted by Gasteiger charge is 2.40. The Labute approximate surface area is 513 Å². The third-order valence-corrected chi connectivity index (χ3v) is 21.0. The molecule has 0 heterocycles. The summed E-state index contributed by atoms with van der Waals surface area (Å²) in [6.07, 6.45) is 10.0. The van der Waals surface area contributed by atoms with Crippen molar-refractivity contribution in [2.45, 2.75) is 229 Å². The highest BCUT2D eigenvalue weighted by atomic mass is 35.5. The average Bonchev–Trinajstić information content (AvgIpc) is 4.47. The van der Waals surface area contributed by atoms with Crippen LogP contribution < -0.4 is 0 Å². The van der Waals surface area contributed by atoms with Gasteiger partial charge in [-0.1, -0.05) is 270 Å². The number of aryl methyl sites for hydroxylation is 1. The van der Waals surface area contributed by atoms with Gasteiger partial charge >= 0.3 is 0 Å². The zero-order valence-corrected chi connectivity index (χ0v) is 56.1. The van der Waals surface area contributed by atoms with Gasteiger partial charge in [-0.05, 0) is 224 Å². The minimum absolute atomic E-state index is 0.211. The maximum atomic E-state index is 11.6. The summed E-state index contributed by atoms with van der Waals surface area (Å²) in [6.45, 7) is 43.6. The van der Waals surface area contributed by atoms with Gasteiger partial charge in [-0.2, -0.15) is 0 Å². The van der Waals surface area contributed by atoms with Crippen molar-refractivity contribution in [1.82, 2.24) is 0 Å². The molecule has 2 heteroatoms. The predicted octanol–water partition coefficient (Wildman–Crippen LogP) is 23.1. The standard InChI is InChI=1S/C14H19Cl.C14H18O.2C14H20.C13H18.C12H16/c1-9(2)12-8-14(3,4)13-7-10(15)5-6-11(12)13;1-9(2)14-12-7-5-4-6-11(12)8-13(14)10(3)15;1-10(2)12-9-14(3,4)13-8-6-5-7-11(12)13;1-4-11-9-12-7-5-6-8-13(12)14(11)10(2)3;1-9(2)13-10(3)8-11-6-4-5-7-12(11)13;1-9(2)11-8-7-10-5-3-4-6-12(10)11/h5-7,9,12H,8H2,1-4H3;4-7,9,13-14H,8H2,1-3H3;5-8,10,12H,9H2,1-4H3;5-8,10-11,14H,4,9H2,1-3H3;4-7,9-10,13H,8H2,1-3H3;3-6,9,11H,7-8H2,1-2H3/t12-;13-,14-;12-;11-,14-;10-,13-;11-/m111001/s1. The summed E-state index contributed by atoms with van der Waals surface area (Å²) in [4.78, 5) is 11.6. The SMILES string of the molecule is CC(=O)[C@H]1Cc2ccccc2[C@H]1C(C)C.CC(C)[C@@H]1c2ccccc2C[C@@H]1C.CC(C)[C@H]1CC(C)(C)c2cc(Cl)ccc21.CC(C)[C@H]1CC(C)(C)c2ccccc21.CC(C)[C@H]1CCc2ccccc21.CC[C@H]1Cc2ccccc2[C@H]1C(C)C. The molecule has 0 aromatic heterocycles. The van der Waals surface area contributed by atoms with Crippen molar-refractivity contribution < 1.29 is 4.79 Å². The molecule has 0 aliphatic heterocycles. The first-order chi connectivity index (χ1) is 39.3. The van der Waals surface area contributed by atoms with Crippen molar-refractivity contribution in [2.24, 2.45) is 53.3 Å². The highest BCUT2D eigenvalue weighted by molar-refractivity contribution is 6.30. The number of carbonyl (C=O) groups is 1. The third-order valence-electron chi connectivity index (χ3n) is 20.7. The molecule has 448 valence electrons. The number of hydrogen-bond donors (Lipinski definition) is 0. The van der Waals surface area contributed by atoms with Crippen molar-refractivity contribution >= 4 is 17.4 Å². The fraction of sp³-hybridized carbons (Fsp3) is 0.543. The van der Waals surface area contributed by atoms with Gasteiger partial charge in [0.2, 0.25) is 0 Å². The quantitative estimate of drug-likeness (QED) is 0.148. The largest absolute Gasteiger partial charge is 0.300 e. The number of halogens is 1. The molecule has 0 amide bonds. The molecular weight excluding hydrogens is 1020 g/mol. The van der Waals surface area contributed by atoms with E-state index in [1.807, 2.05) is 6.07 Å². The summed E-state index contributed by atoms with van der Waals surface area (Å²) in [6, 6.07) is 50.7. The van der Waals surface area contributed by atoms with Crippen molar-refractivity contribution in [1.29, 1.82) is 0 Å². The zero-order chi connectivity index (χ0) is 60.7. The van der Waals surface area contributed by atoms with Crippen LogP contribution in [0.25, 0.3) is 0 Å². The van der Waals surface area contributed by atoms with Gasteiger partial charge in [0.25, 0.3) is 0 Å². The van der Waals surface area contributed by atoms with E-state index in [9.17, 15) is 4.79 Å². The molecule has 0 radical (unpaired) electrons. The van der Waals surface area contributed by atoms with Crippen molar-refractivity contribution in [2.75, 3.05) is 0 Å². The third kappa shape index (κ3) is 15.5. The Balaban J connectivity index is 0.000000143. The number of fused-ring (bicyclic) bond motifs is 6. The van der Waals surface area contributed by atoms with Crippen LogP contribution in [0, 0.1) is 53.3 Å². The second-order valence-electron chi connectivity index (χ2n) is 29.7. The minimum atomic E-state index is 0.211. The van der Waals surface area contributed by atoms with Gasteiger partial charge < -0.3 is 0 Å². The molecule has 0 saturated heterocycles. The van der Waals surface area contributed by atoms with E-state index in [1.165, 1.54) is 67.2 Å². The van der Waals surface area contributed by atoms with E-state index >= 15 is 0 Å². The number of carbonyl (C=O) groups excluding carboxylic acids is 1. The number of Topliss-reactive ketones (excluding diaryl/α,β-unsaturated/α-hetero) is 1. The van der Waals surface area contributed by atoms with Crippen molar-refractivity contribution in [3.63, 3.8) is 0 Å². The monoisotopic (exact) mass is 1130 g/mol. The van der Waals surface area contributed by atoms with Crippen LogP contribution in [0.2, 0.25) is 5.02 Å². The molecule has 0 saturated carbocycles. The van der Waals surface area contributed by atoms with Gasteiger partial charge in [-0.25, -0.2) is 0 Å². The van der Waals surface area contributed by atoms with Gasteiger partial charge in [-0.3, -0.25) is 4.79 Å². The fourth-order valence-electron chi connectivity index (χ4n) is 16.6. The maximum Gasteiger partial charge on any atom is 0.133 e. The first-order valence-corrected chi connectivity index (χ1v) is 33.4. The lowest BCUT2D eigenvalue weighted by atomic mass is 9.81. The lowest BCUT2D eigenvalue weighted by Crippen LogP contribution is -2.20. The van der Waals surface area contributed by atoms with Gasteiger partial charge in [0.05, 0.1) is 0 Å². The molecule has 6 aromatic carbocycles. The molecule has 0 spiro atoms. The Morgan fingerprint density at radius 3 is 1.36 bits per heavy atom. The van der Waals surface area contributed by atoms with E-state index in [0.29, 0.717) is 34.9 Å². The van der Waals surface area contributed by atoms with E-state index in [2.05, 4.69) is 258 Å². The molecule has 6 aliphatic carbocycles. The second kappa shape index (κ2) is 28.7. The molecule has 6 aromatic rings. The fourth-order valence-corrected chi connectivity index (χ4v) is 16.8. The Bertz CT molecular complexity index is 3030. The van der Waals surface area contributed by atoms with Crippen LogP contribution in [-0.2, 0) is 41.3 Å². The van der Waals surface area contributed by atoms with Gasteiger partial charge in [-0.15, -0.1) is 0 Å². The lowest BCUT2D eigenvalue weighted by Gasteiger charge is -2.22. The summed E-state index contributed by atoms with van der Waals surface area (Å²) >= 11 is 6.08. The average molecular weight is 1140 g/mol. The van der Waals surface area contributed by atoms with Gasteiger partial charge in [0.15, 0.2) is 0 Å². The predicted molar refractivity (Wildman–Crippen MR) is 361 cm³/mol. The van der Waals surface area contributed by atoms with Crippen molar-refractivity contribution in [3.8, 4) is 0 Å².